The lowest BCUT2D eigenvalue weighted by Crippen LogP contribution is -2.26. The molecule has 2 aromatic carbocycles. The summed E-state index contributed by atoms with van der Waals surface area (Å²) in [5.41, 5.74) is 0.928. The fourth-order valence-corrected chi connectivity index (χ4v) is 6.31. The Balaban J connectivity index is 1.31. The fourth-order valence-electron chi connectivity index (χ4n) is 6.31. The zero-order valence-corrected chi connectivity index (χ0v) is 22.7. The number of carbonyl (C=O) groups is 1. The fraction of sp³-hybridized carbons (Fsp3) is 0.594. The summed E-state index contributed by atoms with van der Waals surface area (Å²) >= 11 is 0. The van der Waals surface area contributed by atoms with Crippen molar-refractivity contribution in [1.82, 2.24) is 0 Å². The summed E-state index contributed by atoms with van der Waals surface area (Å²) in [7, 11) is 0. The van der Waals surface area contributed by atoms with Crippen LogP contribution in [0.15, 0.2) is 30.3 Å². The molecule has 0 aromatic heterocycles. The standard InChI is InChI=1S/C32H41F3O3/c1-3-5-6-7-21-8-10-22(11-9-21)26-17-18-27(31(35)30(26)34)23-12-14-24(15-13-23)32(36)38-29-19-16-25(37-4-2)20-28(29)33/h16-24H,3-15H2,1-2H3. The molecule has 2 aliphatic carbocycles. The second-order valence-corrected chi connectivity index (χ2v) is 11.1. The maximum Gasteiger partial charge on any atom is 0.314 e. The number of esters is 1. The number of carbonyl (C=O) groups excluding carboxylic acids is 1. The number of halogens is 3. The van der Waals surface area contributed by atoms with Crippen LogP contribution in [0, 0.1) is 29.3 Å². The molecule has 0 spiro atoms. The zero-order chi connectivity index (χ0) is 27.1. The molecule has 0 amide bonds. The molecule has 3 nitrogen and oxygen atoms in total. The van der Waals surface area contributed by atoms with Gasteiger partial charge in [0.25, 0.3) is 0 Å². The molecule has 0 bridgehead atoms. The van der Waals surface area contributed by atoms with Crippen LogP contribution in [0.1, 0.15) is 114 Å². The maximum absolute atomic E-state index is 15.2. The topological polar surface area (TPSA) is 35.5 Å². The molecule has 0 N–H and O–H groups in total. The molecule has 2 fully saturated rings. The van der Waals surface area contributed by atoms with Crippen molar-refractivity contribution in [2.75, 3.05) is 6.61 Å². The number of unbranched alkanes of at least 4 members (excludes halogenated alkanes) is 2. The van der Waals surface area contributed by atoms with Crippen LogP contribution >= 0.6 is 0 Å². The third kappa shape index (κ3) is 6.92. The van der Waals surface area contributed by atoms with Crippen molar-refractivity contribution >= 4 is 5.97 Å². The van der Waals surface area contributed by atoms with Gasteiger partial charge in [-0.1, -0.05) is 44.7 Å². The van der Waals surface area contributed by atoms with Crippen LogP contribution in [-0.4, -0.2) is 12.6 Å². The van der Waals surface area contributed by atoms with Gasteiger partial charge in [-0.2, -0.15) is 0 Å². The third-order valence-corrected chi connectivity index (χ3v) is 8.57. The number of ether oxygens (including phenoxy) is 2. The first-order valence-electron chi connectivity index (χ1n) is 14.5. The van der Waals surface area contributed by atoms with Crippen LogP contribution < -0.4 is 9.47 Å². The molecule has 6 heteroatoms. The molecule has 38 heavy (non-hydrogen) atoms. The van der Waals surface area contributed by atoms with Gasteiger partial charge in [-0.05, 0) is 99.3 Å². The average molecular weight is 531 g/mol. The van der Waals surface area contributed by atoms with Crippen molar-refractivity contribution in [3.63, 3.8) is 0 Å². The summed E-state index contributed by atoms with van der Waals surface area (Å²) in [4.78, 5) is 12.7. The highest BCUT2D eigenvalue weighted by molar-refractivity contribution is 5.75. The molecule has 0 heterocycles. The number of hydrogen-bond donors (Lipinski definition) is 0. The molecule has 0 unspecified atom stereocenters. The van der Waals surface area contributed by atoms with Crippen LogP contribution in [0.3, 0.4) is 0 Å². The smallest absolute Gasteiger partial charge is 0.314 e. The molecular weight excluding hydrogens is 489 g/mol. The van der Waals surface area contributed by atoms with Crippen molar-refractivity contribution in [2.24, 2.45) is 11.8 Å². The van der Waals surface area contributed by atoms with E-state index in [0.717, 1.165) is 31.6 Å². The third-order valence-electron chi connectivity index (χ3n) is 8.57. The van der Waals surface area contributed by atoms with E-state index in [1.165, 1.54) is 37.8 Å². The summed E-state index contributed by atoms with van der Waals surface area (Å²) in [6.07, 6.45) is 11.2. The van der Waals surface area contributed by atoms with Crippen molar-refractivity contribution in [3.05, 3.63) is 58.9 Å². The Morgan fingerprint density at radius 1 is 0.816 bits per heavy atom. The monoisotopic (exact) mass is 530 g/mol. The van der Waals surface area contributed by atoms with E-state index < -0.39 is 29.3 Å². The zero-order valence-electron chi connectivity index (χ0n) is 22.7. The van der Waals surface area contributed by atoms with Crippen LogP contribution in [0.4, 0.5) is 13.2 Å². The highest BCUT2D eigenvalue weighted by Gasteiger charge is 2.32. The Hall–Kier alpha value is -2.50. The highest BCUT2D eigenvalue weighted by atomic mass is 19.2. The van der Waals surface area contributed by atoms with Crippen LogP contribution in [0.2, 0.25) is 0 Å². The summed E-state index contributed by atoms with van der Waals surface area (Å²) < 4.78 is 55.3. The number of hydrogen-bond acceptors (Lipinski definition) is 3. The van der Waals surface area contributed by atoms with E-state index in [9.17, 15) is 9.18 Å². The molecule has 208 valence electrons. The molecule has 2 saturated carbocycles. The predicted octanol–water partition coefficient (Wildman–Crippen LogP) is 9.24. The van der Waals surface area contributed by atoms with Crippen LogP contribution in [-0.2, 0) is 4.79 Å². The van der Waals surface area contributed by atoms with Gasteiger partial charge >= 0.3 is 5.97 Å². The summed E-state index contributed by atoms with van der Waals surface area (Å²) in [6, 6.07) is 7.71. The lowest BCUT2D eigenvalue weighted by molar-refractivity contribution is -0.140. The van der Waals surface area contributed by atoms with Crippen molar-refractivity contribution in [1.29, 1.82) is 0 Å². The van der Waals surface area contributed by atoms with Gasteiger partial charge in [0.15, 0.2) is 23.2 Å². The molecule has 2 aromatic rings. The second kappa shape index (κ2) is 13.5. The Morgan fingerprint density at radius 3 is 1.97 bits per heavy atom. The van der Waals surface area contributed by atoms with E-state index >= 15 is 8.78 Å². The Bertz CT molecular complexity index is 1070. The average Bonchev–Trinajstić information content (AvgIpc) is 2.93. The normalized spacial score (nSPS) is 23.7. The second-order valence-electron chi connectivity index (χ2n) is 11.1. The minimum Gasteiger partial charge on any atom is -0.494 e. The van der Waals surface area contributed by atoms with Gasteiger partial charge in [-0.25, -0.2) is 13.2 Å². The minimum atomic E-state index is -0.727. The van der Waals surface area contributed by atoms with Gasteiger partial charge in [-0.3, -0.25) is 4.79 Å². The maximum atomic E-state index is 15.2. The lowest BCUT2D eigenvalue weighted by atomic mass is 9.75. The van der Waals surface area contributed by atoms with Gasteiger partial charge in [0.05, 0.1) is 12.5 Å². The number of benzene rings is 2. The first kappa shape index (κ1) is 28.5. The Labute approximate surface area is 225 Å². The molecule has 0 saturated heterocycles. The molecule has 0 atom stereocenters. The van der Waals surface area contributed by atoms with E-state index in [1.54, 1.807) is 25.1 Å². The van der Waals surface area contributed by atoms with Gasteiger partial charge in [0.1, 0.15) is 5.75 Å². The van der Waals surface area contributed by atoms with Crippen molar-refractivity contribution in [3.8, 4) is 11.5 Å². The SMILES string of the molecule is CCCCCC1CCC(c2ccc(C3CCC(C(=O)Oc4ccc(OCC)cc4F)CC3)c(F)c2F)CC1. The van der Waals surface area contributed by atoms with Crippen LogP contribution in [0.5, 0.6) is 11.5 Å². The van der Waals surface area contributed by atoms with Gasteiger partial charge < -0.3 is 9.47 Å². The molecule has 0 aliphatic heterocycles. The molecular formula is C32H41F3O3. The van der Waals surface area contributed by atoms with Gasteiger partial charge in [0, 0.05) is 6.07 Å². The molecule has 0 radical (unpaired) electrons. The van der Waals surface area contributed by atoms with Crippen molar-refractivity contribution in [2.45, 2.75) is 103 Å². The largest absolute Gasteiger partial charge is 0.494 e. The summed E-state index contributed by atoms with van der Waals surface area (Å²) in [6.45, 7) is 4.43. The minimum absolute atomic E-state index is 0.0921. The first-order chi connectivity index (χ1) is 18.4. The number of rotatable bonds is 10. The summed E-state index contributed by atoms with van der Waals surface area (Å²) in [5.74, 6) is -2.03. The van der Waals surface area contributed by atoms with E-state index in [0.29, 0.717) is 49.2 Å². The van der Waals surface area contributed by atoms with E-state index in [-0.39, 0.29) is 17.6 Å². The quantitative estimate of drug-likeness (QED) is 0.174. The highest BCUT2D eigenvalue weighted by Crippen LogP contribution is 2.42. The van der Waals surface area contributed by atoms with Gasteiger partial charge in [0.2, 0.25) is 0 Å². The molecule has 2 aliphatic rings. The Morgan fingerprint density at radius 2 is 1.42 bits per heavy atom. The van der Waals surface area contributed by atoms with Crippen molar-refractivity contribution < 1.29 is 27.4 Å². The Kier molecular flexibility index (Phi) is 10.1. The molecule has 4 rings (SSSR count). The van der Waals surface area contributed by atoms with E-state index in [2.05, 4.69) is 6.92 Å². The summed E-state index contributed by atoms with van der Waals surface area (Å²) in [5, 5.41) is 0. The van der Waals surface area contributed by atoms with Crippen LogP contribution in [0.25, 0.3) is 0 Å². The first-order valence-corrected chi connectivity index (χ1v) is 14.5. The van der Waals surface area contributed by atoms with E-state index in [1.807, 2.05) is 0 Å². The van der Waals surface area contributed by atoms with E-state index in [4.69, 9.17) is 9.47 Å². The predicted molar refractivity (Wildman–Crippen MR) is 143 cm³/mol. The lowest BCUT2D eigenvalue weighted by Gasteiger charge is -2.30. The van der Waals surface area contributed by atoms with Gasteiger partial charge in [-0.15, -0.1) is 0 Å².